The highest BCUT2D eigenvalue weighted by molar-refractivity contribution is 7.13. The molecular formula is C17H20N2O3S. The zero-order chi connectivity index (χ0) is 16.4. The first-order valence-corrected chi connectivity index (χ1v) is 8.40. The lowest BCUT2D eigenvalue weighted by Crippen LogP contribution is -2.34. The minimum absolute atomic E-state index is 0.0476. The minimum Gasteiger partial charge on any atom is -0.497 e. The molecule has 2 heterocycles. The molecule has 1 atom stereocenters. The number of benzene rings is 1. The number of hydrogen-bond acceptors (Lipinski definition) is 5. The van der Waals surface area contributed by atoms with Crippen molar-refractivity contribution >= 4 is 17.2 Å². The summed E-state index contributed by atoms with van der Waals surface area (Å²) in [6, 6.07) is 5.87. The van der Waals surface area contributed by atoms with Gasteiger partial charge in [0, 0.05) is 18.5 Å². The first-order valence-electron chi connectivity index (χ1n) is 7.58. The fraction of sp³-hybridized carbons (Fsp3) is 0.412. The maximum atomic E-state index is 12.3. The van der Waals surface area contributed by atoms with Crippen LogP contribution in [0.1, 0.15) is 25.9 Å². The van der Waals surface area contributed by atoms with E-state index in [9.17, 15) is 4.79 Å². The van der Waals surface area contributed by atoms with E-state index >= 15 is 0 Å². The van der Waals surface area contributed by atoms with Gasteiger partial charge in [0.25, 0.3) is 5.91 Å². The molecule has 0 unspecified atom stereocenters. The first-order chi connectivity index (χ1) is 11.1. The van der Waals surface area contributed by atoms with Crippen molar-refractivity contribution in [3.8, 4) is 11.5 Å². The second-order valence-corrected chi connectivity index (χ2v) is 6.92. The fourth-order valence-electron chi connectivity index (χ4n) is 2.73. The van der Waals surface area contributed by atoms with Crippen molar-refractivity contribution in [1.82, 2.24) is 10.3 Å². The van der Waals surface area contributed by atoms with Crippen molar-refractivity contribution in [3.63, 3.8) is 0 Å². The van der Waals surface area contributed by atoms with Gasteiger partial charge in [-0.1, -0.05) is 6.07 Å². The highest BCUT2D eigenvalue weighted by Crippen LogP contribution is 2.30. The van der Waals surface area contributed by atoms with E-state index < -0.39 is 0 Å². The van der Waals surface area contributed by atoms with Gasteiger partial charge in [0.1, 0.15) is 16.4 Å². The van der Waals surface area contributed by atoms with Crippen LogP contribution in [0.15, 0.2) is 18.2 Å². The van der Waals surface area contributed by atoms with Crippen LogP contribution in [0.25, 0.3) is 0 Å². The quantitative estimate of drug-likeness (QED) is 0.935. The maximum absolute atomic E-state index is 12.3. The van der Waals surface area contributed by atoms with Crippen molar-refractivity contribution in [2.45, 2.75) is 20.3 Å². The van der Waals surface area contributed by atoms with Gasteiger partial charge in [-0.25, -0.2) is 4.98 Å². The molecule has 1 amide bonds. The third kappa shape index (κ3) is 3.47. The number of amides is 1. The molecule has 3 rings (SSSR count). The Kier molecular flexibility index (Phi) is 4.52. The minimum atomic E-state index is -0.0476. The number of fused-ring (bicyclic) bond motifs is 1. The Morgan fingerprint density at radius 1 is 1.48 bits per heavy atom. The van der Waals surface area contributed by atoms with Gasteiger partial charge < -0.3 is 14.8 Å². The number of nitrogens with one attached hydrogen (secondary N) is 1. The van der Waals surface area contributed by atoms with E-state index in [1.54, 1.807) is 7.11 Å². The van der Waals surface area contributed by atoms with Crippen LogP contribution >= 0.6 is 11.3 Å². The van der Waals surface area contributed by atoms with Crippen LogP contribution in [-0.2, 0) is 6.42 Å². The van der Waals surface area contributed by atoms with Crippen LogP contribution in [-0.4, -0.2) is 31.2 Å². The van der Waals surface area contributed by atoms with Crippen LogP contribution in [0, 0.1) is 19.8 Å². The monoisotopic (exact) mass is 332 g/mol. The van der Waals surface area contributed by atoms with Gasteiger partial charge in [-0.15, -0.1) is 11.3 Å². The Morgan fingerprint density at radius 2 is 2.30 bits per heavy atom. The van der Waals surface area contributed by atoms with E-state index in [4.69, 9.17) is 9.47 Å². The molecule has 1 aromatic carbocycles. The molecule has 1 aliphatic rings. The number of carbonyl (C=O) groups is 1. The van der Waals surface area contributed by atoms with Crippen LogP contribution in [0.2, 0.25) is 0 Å². The summed E-state index contributed by atoms with van der Waals surface area (Å²) in [4.78, 5) is 17.2. The number of methoxy groups -OCH3 is 1. The summed E-state index contributed by atoms with van der Waals surface area (Å²) in [5, 5.41) is 3.92. The highest BCUT2D eigenvalue weighted by Gasteiger charge is 2.22. The highest BCUT2D eigenvalue weighted by atomic mass is 32.1. The lowest BCUT2D eigenvalue weighted by atomic mass is 9.96. The molecular weight excluding hydrogens is 312 g/mol. The molecule has 122 valence electrons. The van der Waals surface area contributed by atoms with Gasteiger partial charge in [-0.3, -0.25) is 4.79 Å². The molecule has 23 heavy (non-hydrogen) atoms. The molecule has 0 saturated carbocycles. The number of carbonyl (C=O) groups excluding carboxylic acids is 1. The van der Waals surface area contributed by atoms with Gasteiger partial charge in [-0.2, -0.15) is 0 Å². The van der Waals surface area contributed by atoms with E-state index in [2.05, 4.69) is 10.3 Å². The fourth-order valence-corrected chi connectivity index (χ4v) is 3.57. The second-order valence-electron chi connectivity index (χ2n) is 5.71. The topological polar surface area (TPSA) is 60.5 Å². The lowest BCUT2D eigenvalue weighted by molar-refractivity contribution is 0.0942. The Labute approximate surface area is 139 Å². The molecule has 0 fully saturated rings. The number of hydrogen-bond donors (Lipinski definition) is 1. The molecule has 0 radical (unpaired) electrons. The van der Waals surface area contributed by atoms with Crippen LogP contribution in [0.4, 0.5) is 0 Å². The number of rotatable bonds is 4. The number of aromatic nitrogens is 1. The maximum Gasteiger partial charge on any atom is 0.263 e. The predicted molar refractivity (Wildman–Crippen MR) is 89.6 cm³/mol. The van der Waals surface area contributed by atoms with E-state index in [1.165, 1.54) is 11.3 Å². The summed E-state index contributed by atoms with van der Waals surface area (Å²) in [5.74, 6) is 1.90. The number of nitrogens with zero attached hydrogens (tertiary/aromatic N) is 1. The Hall–Kier alpha value is -2.08. The number of thiazole rings is 1. The lowest BCUT2D eigenvalue weighted by Gasteiger charge is -2.25. The van der Waals surface area contributed by atoms with Crippen molar-refractivity contribution < 1.29 is 14.3 Å². The SMILES string of the molecule is COc1ccc2c(c1)OC[C@H](CNC(=O)c1sc(C)nc1C)C2. The predicted octanol–water partition coefficient (Wildman–Crippen LogP) is 2.75. The summed E-state index contributed by atoms with van der Waals surface area (Å²) in [6.45, 7) is 4.97. The number of aryl methyl sites for hydroxylation is 2. The normalized spacial score (nSPS) is 16.4. The molecule has 1 aromatic heterocycles. The number of ether oxygens (including phenoxy) is 2. The third-order valence-corrected chi connectivity index (χ3v) is 4.99. The molecule has 1 aliphatic heterocycles. The molecule has 2 aromatic rings. The van der Waals surface area contributed by atoms with E-state index in [0.29, 0.717) is 18.0 Å². The van der Waals surface area contributed by atoms with E-state index in [1.807, 2.05) is 32.0 Å². The smallest absolute Gasteiger partial charge is 0.263 e. The molecule has 0 spiro atoms. The molecule has 5 nitrogen and oxygen atoms in total. The summed E-state index contributed by atoms with van der Waals surface area (Å²) >= 11 is 1.43. The largest absolute Gasteiger partial charge is 0.497 e. The summed E-state index contributed by atoms with van der Waals surface area (Å²) < 4.78 is 11.0. The first kappa shape index (κ1) is 15.8. The summed E-state index contributed by atoms with van der Waals surface area (Å²) in [5.41, 5.74) is 1.95. The van der Waals surface area contributed by atoms with Crippen LogP contribution in [0.5, 0.6) is 11.5 Å². The zero-order valence-electron chi connectivity index (χ0n) is 13.5. The molecule has 0 bridgehead atoms. The van der Waals surface area contributed by atoms with Crippen molar-refractivity contribution in [1.29, 1.82) is 0 Å². The summed E-state index contributed by atoms with van der Waals surface area (Å²) in [6.07, 6.45) is 0.889. The molecule has 1 N–H and O–H groups in total. The Bertz CT molecular complexity index is 727. The average Bonchev–Trinajstić information content (AvgIpc) is 2.90. The van der Waals surface area contributed by atoms with Gasteiger partial charge in [0.2, 0.25) is 0 Å². The van der Waals surface area contributed by atoms with Gasteiger partial charge in [-0.05, 0) is 31.9 Å². The molecule has 0 saturated heterocycles. The Balaban J connectivity index is 1.59. The standard InChI is InChI=1S/C17H20N2O3S/c1-10-16(23-11(2)19-10)17(20)18-8-12-6-13-4-5-14(21-3)7-15(13)22-9-12/h4-5,7,12H,6,8-9H2,1-3H3,(H,18,20)/t12-/m0/s1. The second kappa shape index (κ2) is 6.58. The molecule has 6 heteroatoms. The van der Waals surface area contributed by atoms with E-state index in [-0.39, 0.29) is 11.8 Å². The zero-order valence-corrected chi connectivity index (χ0v) is 14.3. The Morgan fingerprint density at radius 3 is 3.00 bits per heavy atom. The van der Waals surface area contributed by atoms with Crippen molar-refractivity contribution in [3.05, 3.63) is 39.3 Å². The summed E-state index contributed by atoms with van der Waals surface area (Å²) in [7, 11) is 1.64. The molecule has 0 aliphatic carbocycles. The van der Waals surface area contributed by atoms with Gasteiger partial charge >= 0.3 is 0 Å². The third-order valence-electron chi connectivity index (χ3n) is 3.92. The van der Waals surface area contributed by atoms with Crippen LogP contribution < -0.4 is 14.8 Å². The van der Waals surface area contributed by atoms with E-state index in [0.717, 1.165) is 34.2 Å². The average molecular weight is 332 g/mol. The van der Waals surface area contributed by atoms with Crippen molar-refractivity contribution in [2.24, 2.45) is 5.92 Å². The van der Waals surface area contributed by atoms with Crippen molar-refractivity contribution in [2.75, 3.05) is 20.3 Å². The van der Waals surface area contributed by atoms with Gasteiger partial charge in [0.15, 0.2) is 0 Å². The van der Waals surface area contributed by atoms with Crippen LogP contribution in [0.3, 0.4) is 0 Å². The van der Waals surface area contributed by atoms with Gasteiger partial charge in [0.05, 0.1) is 24.4 Å².